The number of hydrogen-bond donors (Lipinski definition) is 4. The number of imidazole rings is 1. The van der Waals surface area contributed by atoms with E-state index in [4.69, 9.17) is 12.2 Å². The lowest BCUT2D eigenvalue weighted by atomic mass is 10.0. The first-order valence-corrected chi connectivity index (χ1v) is 8.29. The number of H-pyrrole nitrogens is 2. The smallest absolute Gasteiger partial charge is 0.243 e. The Bertz CT molecular complexity index is 774. The average Bonchev–Trinajstić information content (AvgIpc) is 3.13. The van der Waals surface area contributed by atoms with E-state index >= 15 is 0 Å². The van der Waals surface area contributed by atoms with Gasteiger partial charge in [-0.25, -0.2) is 0 Å². The number of amides is 2. The van der Waals surface area contributed by atoms with Crippen molar-refractivity contribution in [2.45, 2.75) is 32.1 Å². The predicted octanol–water partition coefficient (Wildman–Crippen LogP) is 2.86. The second-order valence-electron chi connectivity index (χ2n) is 6.02. The van der Waals surface area contributed by atoms with Gasteiger partial charge in [-0.05, 0) is 49.2 Å². The van der Waals surface area contributed by atoms with Crippen LogP contribution in [-0.2, 0) is 9.59 Å². The molecule has 0 saturated heterocycles. The number of anilines is 1. The molecule has 2 aromatic rings. The summed E-state index contributed by atoms with van der Waals surface area (Å²) in [6.45, 7) is -0.00721. The number of aromatic nitrogens is 2. The maximum absolute atomic E-state index is 11.9. The van der Waals surface area contributed by atoms with E-state index < -0.39 is 0 Å². The first-order valence-electron chi connectivity index (χ1n) is 7.89. The number of rotatable bonds is 5. The third kappa shape index (κ3) is 4.19. The number of fused-ring (bicyclic) bond motifs is 1. The van der Waals surface area contributed by atoms with Gasteiger partial charge in [-0.2, -0.15) is 0 Å². The average molecular weight is 332 g/mol. The highest BCUT2D eigenvalue weighted by molar-refractivity contribution is 7.71. The van der Waals surface area contributed by atoms with E-state index in [2.05, 4.69) is 20.6 Å². The first kappa shape index (κ1) is 15.7. The minimum absolute atomic E-state index is 0.00721. The van der Waals surface area contributed by atoms with Crippen molar-refractivity contribution in [1.29, 1.82) is 0 Å². The molecule has 0 atom stereocenters. The first-order chi connectivity index (χ1) is 11.1. The highest BCUT2D eigenvalue weighted by Gasteiger charge is 2.18. The van der Waals surface area contributed by atoms with Gasteiger partial charge >= 0.3 is 0 Å². The van der Waals surface area contributed by atoms with Crippen molar-refractivity contribution in [3.8, 4) is 0 Å². The van der Waals surface area contributed by atoms with Crippen LogP contribution in [0.3, 0.4) is 0 Å². The summed E-state index contributed by atoms with van der Waals surface area (Å²) in [5.74, 6) is 0.202. The molecule has 1 saturated carbocycles. The Kier molecular flexibility index (Phi) is 4.76. The molecule has 1 aromatic carbocycles. The van der Waals surface area contributed by atoms with Gasteiger partial charge in [0, 0.05) is 12.1 Å². The molecule has 6 nitrogen and oxygen atoms in total. The van der Waals surface area contributed by atoms with Gasteiger partial charge in [-0.15, -0.1) is 0 Å². The third-order valence-corrected chi connectivity index (χ3v) is 4.40. The van der Waals surface area contributed by atoms with Crippen LogP contribution >= 0.6 is 12.2 Å². The zero-order chi connectivity index (χ0) is 16.2. The molecule has 0 aliphatic heterocycles. The van der Waals surface area contributed by atoms with Crippen molar-refractivity contribution in [1.82, 2.24) is 15.3 Å². The number of nitrogens with one attached hydrogen (secondary N) is 4. The van der Waals surface area contributed by atoms with Gasteiger partial charge in [0.25, 0.3) is 0 Å². The van der Waals surface area contributed by atoms with E-state index in [0.29, 0.717) is 22.8 Å². The Labute approximate surface area is 139 Å². The summed E-state index contributed by atoms with van der Waals surface area (Å²) in [6, 6.07) is 5.44. The molecule has 0 radical (unpaired) electrons. The maximum atomic E-state index is 11.9. The molecule has 1 fully saturated rings. The summed E-state index contributed by atoms with van der Waals surface area (Å²) in [5, 5.41) is 5.46. The van der Waals surface area contributed by atoms with Crippen LogP contribution in [0.1, 0.15) is 32.1 Å². The SMILES string of the molecule is O=C(CC1CCCC1)NCC(=O)Nc1ccc2[nH]c(=S)[nH]c2c1. The minimum Gasteiger partial charge on any atom is -0.347 e. The molecule has 1 aliphatic rings. The summed E-state index contributed by atoms with van der Waals surface area (Å²) in [4.78, 5) is 29.8. The van der Waals surface area contributed by atoms with E-state index in [-0.39, 0.29) is 18.4 Å². The van der Waals surface area contributed by atoms with Gasteiger partial charge in [0.15, 0.2) is 4.77 Å². The molecular formula is C16H20N4O2S. The predicted molar refractivity (Wildman–Crippen MR) is 91.7 cm³/mol. The van der Waals surface area contributed by atoms with Gasteiger partial charge in [0.05, 0.1) is 17.6 Å². The molecule has 1 heterocycles. The summed E-state index contributed by atoms with van der Waals surface area (Å²) in [5.41, 5.74) is 2.38. The molecule has 122 valence electrons. The lowest BCUT2D eigenvalue weighted by Crippen LogP contribution is -2.33. The van der Waals surface area contributed by atoms with E-state index in [1.165, 1.54) is 12.8 Å². The number of carbonyl (C=O) groups excluding carboxylic acids is 2. The van der Waals surface area contributed by atoms with Crippen molar-refractivity contribution >= 4 is 40.8 Å². The third-order valence-electron chi connectivity index (χ3n) is 4.19. The lowest BCUT2D eigenvalue weighted by Gasteiger charge is -2.10. The normalized spacial score (nSPS) is 15.0. The Morgan fingerprint density at radius 1 is 1.13 bits per heavy atom. The molecule has 0 spiro atoms. The summed E-state index contributed by atoms with van der Waals surface area (Å²) in [7, 11) is 0. The van der Waals surface area contributed by atoms with E-state index in [1.54, 1.807) is 12.1 Å². The number of aromatic amines is 2. The summed E-state index contributed by atoms with van der Waals surface area (Å²) >= 11 is 5.03. The monoisotopic (exact) mass is 332 g/mol. The molecule has 3 rings (SSSR count). The fourth-order valence-electron chi connectivity index (χ4n) is 3.04. The maximum Gasteiger partial charge on any atom is 0.243 e. The molecule has 1 aliphatic carbocycles. The van der Waals surface area contributed by atoms with Gasteiger partial charge in [0.1, 0.15) is 0 Å². The van der Waals surface area contributed by atoms with Crippen LogP contribution in [0.4, 0.5) is 5.69 Å². The van der Waals surface area contributed by atoms with Crippen molar-refractivity contribution in [3.63, 3.8) is 0 Å². The topological polar surface area (TPSA) is 89.8 Å². The quantitative estimate of drug-likeness (QED) is 0.635. The van der Waals surface area contributed by atoms with Gasteiger partial charge < -0.3 is 20.6 Å². The second kappa shape index (κ2) is 6.95. The van der Waals surface area contributed by atoms with Crippen LogP contribution in [0.25, 0.3) is 11.0 Å². The number of hydrogen-bond acceptors (Lipinski definition) is 3. The Morgan fingerprint density at radius 3 is 2.65 bits per heavy atom. The van der Waals surface area contributed by atoms with Crippen LogP contribution in [0.15, 0.2) is 18.2 Å². The van der Waals surface area contributed by atoms with Gasteiger partial charge in [-0.1, -0.05) is 12.8 Å². The largest absolute Gasteiger partial charge is 0.347 e. The van der Waals surface area contributed by atoms with Crippen LogP contribution in [0, 0.1) is 10.7 Å². The van der Waals surface area contributed by atoms with Crippen LogP contribution in [0.5, 0.6) is 0 Å². The summed E-state index contributed by atoms with van der Waals surface area (Å²) in [6.07, 6.45) is 5.20. The zero-order valence-corrected chi connectivity index (χ0v) is 13.6. The highest BCUT2D eigenvalue weighted by atomic mass is 32.1. The molecule has 7 heteroatoms. The van der Waals surface area contributed by atoms with Crippen LogP contribution in [0.2, 0.25) is 0 Å². The van der Waals surface area contributed by atoms with Crippen molar-refractivity contribution in [3.05, 3.63) is 23.0 Å². The Morgan fingerprint density at radius 2 is 1.87 bits per heavy atom. The number of benzene rings is 1. The summed E-state index contributed by atoms with van der Waals surface area (Å²) < 4.78 is 0.544. The molecule has 0 bridgehead atoms. The second-order valence-corrected chi connectivity index (χ2v) is 6.43. The minimum atomic E-state index is -0.238. The molecule has 0 unspecified atom stereocenters. The number of carbonyl (C=O) groups is 2. The van der Waals surface area contributed by atoms with Crippen LogP contribution < -0.4 is 10.6 Å². The zero-order valence-electron chi connectivity index (χ0n) is 12.8. The molecule has 2 amide bonds. The Balaban J connectivity index is 1.49. The lowest BCUT2D eigenvalue weighted by molar-refractivity contribution is -0.124. The molecule has 4 N–H and O–H groups in total. The fourth-order valence-corrected chi connectivity index (χ4v) is 3.26. The standard InChI is InChI=1S/C16H20N4O2S/c21-14(7-10-3-1-2-4-10)17-9-15(22)18-11-5-6-12-13(8-11)20-16(23)19-12/h5-6,8,10H,1-4,7,9H2,(H,17,21)(H,18,22)(H2,19,20,23). The fraction of sp³-hybridized carbons (Fsp3) is 0.438. The van der Waals surface area contributed by atoms with E-state index in [0.717, 1.165) is 23.9 Å². The Hall–Kier alpha value is -2.15. The molecular weight excluding hydrogens is 312 g/mol. The van der Waals surface area contributed by atoms with Gasteiger partial charge in [-0.3, -0.25) is 9.59 Å². The van der Waals surface area contributed by atoms with Crippen molar-refractivity contribution in [2.75, 3.05) is 11.9 Å². The van der Waals surface area contributed by atoms with E-state index in [1.807, 2.05) is 6.07 Å². The van der Waals surface area contributed by atoms with Crippen molar-refractivity contribution < 1.29 is 9.59 Å². The highest BCUT2D eigenvalue weighted by Crippen LogP contribution is 2.27. The van der Waals surface area contributed by atoms with E-state index in [9.17, 15) is 9.59 Å². The van der Waals surface area contributed by atoms with Crippen LogP contribution in [-0.4, -0.2) is 28.3 Å². The van der Waals surface area contributed by atoms with Gasteiger partial charge in [0.2, 0.25) is 11.8 Å². The molecule has 23 heavy (non-hydrogen) atoms. The van der Waals surface area contributed by atoms with Crippen molar-refractivity contribution in [2.24, 2.45) is 5.92 Å². The molecule has 1 aromatic heterocycles.